The van der Waals surface area contributed by atoms with E-state index in [9.17, 15) is 13.6 Å². The predicted molar refractivity (Wildman–Crippen MR) is 146 cm³/mol. The van der Waals surface area contributed by atoms with Crippen molar-refractivity contribution in [2.45, 2.75) is 19.1 Å². The maximum absolute atomic E-state index is 14.6. The number of aromatic nitrogens is 1. The highest BCUT2D eigenvalue weighted by atomic mass is 35.5. The second-order valence-corrected chi connectivity index (χ2v) is 9.30. The van der Waals surface area contributed by atoms with Crippen LogP contribution in [0.5, 0.6) is 11.5 Å². The average Bonchev–Trinajstić information content (AvgIpc) is 2.94. The molecule has 7 nitrogen and oxygen atoms in total. The zero-order valence-corrected chi connectivity index (χ0v) is 23.0. The summed E-state index contributed by atoms with van der Waals surface area (Å²) in [6.07, 6.45) is 2.46. The van der Waals surface area contributed by atoms with Crippen LogP contribution in [0, 0.1) is 11.6 Å². The Balaban J connectivity index is 0.00000441. The van der Waals surface area contributed by atoms with Crippen molar-refractivity contribution >= 4 is 34.9 Å². The van der Waals surface area contributed by atoms with E-state index < -0.39 is 23.7 Å². The molecule has 210 valence electrons. The summed E-state index contributed by atoms with van der Waals surface area (Å²) in [5.41, 5.74) is 1.67. The second kappa shape index (κ2) is 13.9. The molecular weight excluding hydrogens is 565 g/mol. The molecule has 0 bridgehead atoms. The van der Waals surface area contributed by atoms with Crippen molar-refractivity contribution in [3.63, 3.8) is 0 Å². The molecule has 0 aliphatic heterocycles. The van der Waals surface area contributed by atoms with E-state index in [0.717, 1.165) is 0 Å². The first kappa shape index (κ1) is 30.6. The number of carbonyl (C=O) groups excluding carboxylic acids is 1. The number of hydrogen-bond donors (Lipinski definition) is 1. The normalized spacial score (nSPS) is 11.2. The number of aromatic amines is 1. The first-order valence-electron chi connectivity index (χ1n) is 11.8. The number of hydrogen-bond acceptors (Lipinski definition) is 6. The number of anilines is 1. The van der Waals surface area contributed by atoms with E-state index >= 15 is 0 Å². The topological polar surface area (TPSA) is 101 Å². The molecule has 0 unspecified atom stereocenters. The van der Waals surface area contributed by atoms with Crippen LogP contribution in [0.25, 0.3) is 0 Å². The highest BCUT2D eigenvalue weighted by Crippen LogP contribution is 2.35. The number of pyridine rings is 1. The Bertz CT molecular complexity index is 1470. The third-order valence-corrected chi connectivity index (χ3v) is 6.71. The Morgan fingerprint density at radius 3 is 2.30 bits per heavy atom. The predicted octanol–water partition coefficient (Wildman–Crippen LogP) is 6.68. The maximum Gasteiger partial charge on any atom is 0.338 e. The molecule has 0 spiro atoms. The summed E-state index contributed by atoms with van der Waals surface area (Å²) >= 11 is 12.8. The van der Waals surface area contributed by atoms with E-state index in [1.807, 2.05) is 0 Å². The summed E-state index contributed by atoms with van der Waals surface area (Å²) in [6, 6.07) is 15.0. The lowest BCUT2D eigenvalue weighted by Gasteiger charge is -2.21. The molecule has 0 aliphatic carbocycles. The minimum absolute atomic E-state index is 0. The lowest BCUT2D eigenvalue weighted by molar-refractivity contribution is -0.377. The Morgan fingerprint density at radius 1 is 0.925 bits per heavy atom. The number of nitrogens with one attached hydrogen (secondary N) is 2. The first-order valence-corrected chi connectivity index (χ1v) is 12.6. The van der Waals surface area contributed by atoms with Gasteiger partial charge < -0.3 is 25.0 Å². The fourth-order valence-electron chi connectivity index (χ4n) is 3.97. The molecule has 4 rings (SSSR count). The Morgan fingerprint density at radius 2 is 1.62 bits per heavy atom. The van der Waals surface area contributed by atoms with Crippen molar-refractivity contribution in [3.05, 3.63) is 117 Å². The van der Waals surface area contributed by atoms with Gasteiger partial charge in [0, 0.05) is 24.1 Å². The van der Waals surface area contributed by atoms with Crippen LogP contribution in [0.3, 0.4) is 0 Å². The summed E-state index contributed by atoms with van der Waals surface area (Å²) in [6.45, 7) is -0.0429. The summed E-state index contributed by atoms with van der Waals surface area (Å²) in [5, 5.41) is 3.58. The van der Waals surface area contributed by atoms with Crippen LogP contribution in [-0.4, -0.2) is 25.7 Å². The molecular formula is C29H26Cl2F2N2O5. The summed E-state index contributed by atoms with van der Waals surface area (Å²) in [4.78, 5) is 16.2. The Hall–Kier alpha value is -3.92. The van der Waals surface area contributed by atoms with Crippen LogP contribution < -0.4 is 19.8 Å². The van der Waals surface area contributed by atoms with Gasteiger partial charge in [0.05, 0.1) is 25.5 Å². The van der Waals surface area contributed by atoms with Gasteiger partial charge in [-0.15, -0.1) is 0 Å². The third kappa shape index (κ3) is 7.18. The minimum atomic E-state index is -0.834. The van der Waals surface area contributed by atoms with E-state index in [1.165, 1.54) is 44.6 Å². The van der Waals surface area contributed by atoms with Crippen molar-refractivity contribution in [1.29, 1.82) is 0 Å². The van der Waals surface area contributed by atoms with Crippen LogP contribution in [-0.2, 0) is 17.7 Å². The van der Waals surface area contributed by atoms with E-state index in [0.29, 0.717) is 32.7 Å². The monoisotopic (exact) mass is 590 g/mol. The smallest absolute Gasteiger partial charge is 0.338 e. The molecule has 0 saturated heterocycles. The molecule has 1 heterocycles. The zero-order chi connectivity index (χ0) is 27.9. The number of ether oxygens (including phenoxy) is 3. The van der Waals surface area contributed by atoms with Crippen LogP contribution in [0.15, 0.2) is 73.1 Å². The minimum Gasteiger partial charge on any atom is -0.870 e. The van der Waals surface area contributed by atoms with Gasteiger partial charge in [-0.2, -0.15) is 0 Å². The van der Waals surface area contributed by atoms with Crippen LogP contribution in [0.4, 0.5) is 14.5 Å². The Labute approximate surface area is 239 Å². The molecule has 0 saturated carbocycles. The zero-order valence-electron chi connectivity index (χ0n) is 21.5. The van der Waals surface area contributed by atoms with E-state index in [4.69, 9.17) is 37.4 Å². The van der Waals surface area contributed by atoms with Gasteiger partial charge in [-0.1, -0.05) is 41.4 Å². The number of carbonyl (C=O) groups is 1. The van der Waals surface area contributed by atoms with Gasteiger partial charge in [0.1, 0.15) is 27.8 Å². The standard InChI is InChI=1S/C29H24Cl2F2N2O4.H2O/c1-37-26-10-8-17(12-28(26)38-2)27(13-20-21(30)15-34-16-22(20)31)39-29(36)18-7-9-23(32)19(11-18)14-35-25-6-4-3-5-24(25)33;/h3-12,15-16,27,35H,13-14H2,1-2H3;1H2/t27-;/m0./s1. The Kier molecular flexibility index (Phi) is 10.7. The van der Waals surface area contributed by atoms with Crippen molar-refractivity contribution in [2.24, 2.45) is 0 Å². The quantitative estimate of drug-likeness (QED) is 0.207. The van der Waals surface area contributed by atoms with Gasteiger partial charge in [0.25, 0.3) is 0 Å². The maximum atomic E-state index is 14.6. The second-order valence-electron chi connectivity index (χ2n) is 8.48. The fourth-order valence-corrected chi connectivity index (χ4v) is 4.50. The molecule has 11 heteroatoms. The molecule has 3 N–H and O–H groups in total. The van der Waals surface area contributed by atoms with Gasteiger partial charge in [-0.25, -0.2) is 18.6 Å². The molecule has 40 heavy (non-hydrogen) atoms. The lowest BCUT2D eigenvalue weighted by atomic mass is 10.0. The molecule has 1 aromatic heterocycles. The van der Waals surface area contributed by atoms with Crippen LogP contribution in [0.2, 0.25) is 10.0 Å². The van der Waals surface area contributed by atoms with Crippen molar-refractivity contribution in [1.82, 2.24) is 0 Å². The molecule has 1 atom stereocenters. The van der Waals surface area contributed by atoms with Crippen LogP contribution >= 0.6 is 23.2 Å². The number of esters is 1. The van der Waals surface area contributed by atoms with Crippen molar-refractivity contribution in [2.75, 3.05) is 19.5 Å². The molecule has 0 radical (unpaired) electrons. The number of rotatable bonds is 10. The van der Waals surface area contributed by atoms with Crippen LogP contribution in [0.1, 0.15) is 33.2 Å². The number of methoxy groups -OCH3 is 2. The number of para-hydroxylation sites is 1. The highest BCUT2D eigenvalue weighted by molar-refractivity contribution is 6.35. The summed E-state index contributed by atoms with van der Waals surface area (Å²) < 4.78 is 45.2. The van der Waals surface area contributed by atoms with Gasteiger partial charge >= 0.3 is 5.97 Å². The van der Waals surface area contributed by atoms with E-state index in [2.05, 4.69) is 10.3 Å². The fraction of sp³-hybridized carbons (Fsp3) is 0.172. The summed E-state index contributed by atoms with van der Waals surface area (Å²) in [5.74, 6) is -0.773. The largest absolute Gasteiger partial charge is 0.870 e. The van der Waals surface area contributed by atoms with Crippen molar-refractivity contribution < 1.29 is 38.2 Å². The number of H-pyrrole nitrogens is 1. The lowest BCUT2D eigenvalue weighted by Crippen LogP contribution is -2.16. The summed E-state index contributed by atoms with van der Waals surface area (Å²) in [7, 11) is 3.01. The molecule has 3 aromatic carbocycles. The molecule has 4 aromatic rings. The molecule has 0 fully saturated rings. The number of halogens is 4. The van der Waals surface area contributed by atoms with E-state index in [-0.39, 0.29) is 35.3 Å². The first-order chi connectivity index (χ1) is 18.8. The third-order valence-electron chi connectivity index (χ3n) is 6.04. The highest BCUT2D eigenvalue weighted by Gasteiger charge is 2.24. The van der Waals surface area contributed by atoms with Gasteiger partial charge in [-0.05, 0) is 48.0 Å². The van der Waals surface area contributed by atoms with E-state index in [1.54, 1.807) is 42.7 Å². The van der Waals surface area contributed by atoms with Gasteiger partial charge in [0.2, 0.25) is 0 Å². The SMILES string of the molecule is COc1ccc([C@H](Cc2c(Cl)c[nH+]cc2Cl)OC(=O)c2ccc(F)c(CNc3ccccc3F)c2)cc1OC.[OH-]. The van der Waals surface area contributed by atoms with Gasteiger partial charge in [0.15, 0.2) is 23.9 Å². The van der Waals surface area contributed by atoms with Crippen molar-refractivity contribution in [3.8, 4) is 11.5 Å². The molecule has 0 aliphatic rings. The van der Waals surface area contributed by atoms with Gasteiger partial charge in [-0.3, -0.25) is 0 Å². The average molecular weight is 591 g/mol. The molecule has 0 amide bonds. The number of benzene rings is 3.